The molecule has 36 heavy (non-hydrogen) atoms. The molecule has 4 rings (SSSR count). The minimum atomic E-state index is -0.814. The molecule has 1 heterocycles. The second-order valence-corrected chi connectivity index (χ2v) is 10.6. The Bertz CT molecular complexity index is 1270. The number of methoxy groups -OCH3 is 2. The van der Waals surface area contributed by atoms with Crippen LogP contribution in [0.15, 0.2) is 39.6 Å². The van der Waals surface area contributed by atoms with Gasteiger partial charge in [-0.25, -0.2) is 4.79 Å². The Labute approximate surface area is 210 Å². The van der Waals surface area contributed by atoms with Gasteiger partial charge in [-0.15, -0.1) is 0 Å². The van der Waals surface area contributed by atoms with E-state index in [4.69, 9.17) is 23.4 Å². The normalized spacial score (nSPS) is 27.3. The van der Waals surface area contributed by atoms with Crippen molar-refractivity contribution in [1.29, 1.82) is 0 Å². The summed E-state index contributed by atoms with van der Waals surface area (Å²) in [5.74, 6) is 0.441. The quantitative estimate of drug-likeness (QED) is 0.321. The molecule has 0 radical (unpaired) electrons. The molecule has 1 aromatic carbocycles. The molecule has 2 saturated carbocycles. The highest BCUT2D eigenvalue weighted by Crippen LogP contribution is 2.60. The molecule has 4 atom stereocenters. The molecule has 8 nitrogen and oxygen atoms in total. The second kappa shape index (κ2) is 9.30. The van der Waals surface area contributed by atoms with Crippen molar-refractivity contribution >= 4 is 22.7 Å². The molecule has 8 heteroatoms. The van der Waals surface area contributed by atoms with Crippen LogP contribution in [0, 0.1) is 22.7 Å². The molecule has 1 aromatic heterocycles. The van der Waals surface area contributed by atoms with E-state index in [0.29, 0.717) is 23.3 Å². The van der Waals surface area contributed by atoms with Crippen molar-refractivity contribution < 1.29 is 33.0 Å². The van der Waals surface area contributed by atoms with Crippen molar-refractivity contribution in [1.82, 2.24) is 0 Å². The lowest BCUT2D eigenvalue weighted by molar-refractivity contribution is -0.175. The van der Waals surface area contributed by atoms with E-state index in [1.807, 2.05) is 13.8 Å². The maximum absolute atomic E-state index is 13.3. The number of esters is 1. The van der Waals surface area contributed by atoms with Gasteiger partial charge >= 0.3 is 11.6 Å². The second-order valence-electron chi connectivity index (χ2n) is 10.6. The summed E-state index contributed by atoms with van der Waals surface area (Å²) in [4.78, 5) is 36.9. The Morgan fingerprint density at radius 1 is 1.14 bits per heavy atom. The van der Waals surface area contributed by atoms with Crippen LogP contribution in [0.3, 0.4) is 0 Å². The van der Waals surface area contributed by atoms with E-state index >= 15 is 0 Å². The number of hydrogen-bond donors (Lipinski definition) is 0. The molecule has 0 saturated heterocycles. The van der Waals surface area contributed by atoms with Crippen LogP contribution in [-0.4, -0.2) is 38.7 Å². The summed E-state index contributed by atoms with van der Waals surface area (Å²) in [5, 5.41) is 0.640. The van der Waals surface area contributed by atoms with E-state index in [9.17, 15) is 14.4 Å². The van der Waals surface area contributed by atoms with E-state index in [2.05, 4.69) is 13.5 Å². The molecule has 0 N–H and O–H groups in total. The van der Waals surface area contributed by atoms with Crippen LogP contribution < -0.4 is 19.8 Å². The van der Waals surface area contributed by atoms with Crippen LogP contribution in [0.4, 0.5) is 0 Å². The number of Topliss-reactive ketones (excluding diaryl/α,β-unsaturated/α-hetero) is 1. The molecule has 2 aliphatic rings. The lowest BCUT2D eigenvalue weighted by atomic mass is 9.47. The predicted molar refractivity (Wildman–Crippen MR) is 134 cm³/mol. The van der Waals surface area contributed by atoms with Gasteiger partial charge < -0.3 is 23.4 Å². The van der Waals surface area contributed by atoms with Crippen molar-refractivity contribution in [3.8, 4) is 17.2 Å². The summed E-state index contributed by atoms with van der Waals surface area (Å²) in [6.07, 6.45) is 1.18. The van der Waals surface area contributed by atoms with Gasteiger partial charge in [-0.3, -0.25) is 9.59 Å². The molecule has 194 valence electrons. The highest BCUT2D eigenvalue weighted by molar-refractivity contribution is 5.91. The molecule has 0 unspecified atom stereocenters. The van der Waals surface area contributed by atoms with E-state index in [0.717, 1.165) is 18.4 Å². The maximum atomic E-state index is 13.3. The number of fused-ring (bicyclic) bond motifs is 2. The summed E-state index contributed by atoms with van der Waals surface area (Å²) in [6, 6.07) is 4.71. The zero-order valence-electron chi connectivity index (χ0n) is 21.8. The van der Waals surface area contributed by atoms with Gasteiger partial charge in [-0.1, -0.05) is 32.9 Å². The lowest BCUT2D eigenvalue weighted by Gasteiger charge is -2.58. The third-order valence-electron chi connectivity index (χ3n) is 8.18. The fraction of sp³-hybridized carbons (Fsp3) is 0.536. The average Bonchev–Trinajstić information content (AvgIpc) is 2.81. The molecule has 2 aliphatic carbocycles. The highest BCUT2D eigenvalue weighted by Gasteiger charge is 2.60. The zero-order valence-corrected chi connectivity index (χ0v) is 21.8. The molecular formula is C28H34O8. The number of carbonyl (C=O) groups excluding carboxylic acids is 2. The number of carbonyl (C=O) groups is 2. The van der Waals surface area contributed by atoms with Crippen molar-refractivity contribution in [3.05, 3.63) is 40.8 Å². The Hall–Kier alpha value is -3.29. The minimum Gasteiger partial charge on any atom is -0.493 e. The van der Waals surface area contributed by atoms with Crippen LogP contribution in [0.25, 0.3) is 11.0 Å². The van der Waals surface area contributed by atoms with E-state index in [1.165, 1.54) is 27.2 Å². The van der Waals surface area contributed by atoms with Gasteiger partial charge in [0.2, 0.25) is 11.5 Å². The van der Waals surface area contributed by atoms with Crippen molar-refractivity contribution in [2.24, 2.45) is 22.7 Å². The number of ether oxygens (including phenoxy) is 4. The van der Waals surface area contributed by atoms with Crippen molar-refractivity contribution in [3.63, 3.8) is 0 Å². The number of rotatable bonds is 6. The monoisotopic (exact) mass is 498 g/mol. The van der Waals surface area contributed by atoms with Gasteiger partial charge in [0.05, 0.1) is 20.8 Å². The Morgan fingerprint density at radius 3 is 2.50 bits per heavy atom. The smallest absolute Gasteiger partial charge is 0.336 e. The topological polar surface area (TPSA) is 101 Å². The van der Waals surface area contributed by atoms with Crippen LogP contribution in [0.5, 0.6) is 17.2 Å². The number of benzene rings is 1. The molecule has 0 bridgehead atoms. The van der Waals surface area contributed by atoms with Crippen LogP contribution >= 0.6 is 0 Å². The van der Waals surface area contributed by atoms with Gasteiger partial charge in [-0.2, -0.15) is 0 Å². The predicted octanol–water partition coefficient (Wildman–Crippen LogP) is 4.71. The van der Waals surface area contributed by atoms with Crippen LogP contribution in [-0.2, 0) is 14.3 Å². The first-order valence-corrected chi connectivity index (χ1v) is 12.1. The zero-order chi connectivity index (χ0) is 26.4. The summed E-state index contributed by atoms with van der Waals surface area (Å²) < 4.78 is 28.5. The van der Waals surface area contributed by atoms with Gasteiger partial charge in [0.15, 0.2) is 23.2 Å². The summed E-state index contributed by atoms with van der Waals surface area (Å²) in [5.41, 5.74) is -0.291. The first kappa shape index (κ1) is 25.8. The van der Waals surface area contributed by atoms with Gasteiger partial charge in [0.1, 0.15) is 0 Å². The SMILES string of the molecule is C=C1CC[C@@H]2C(C)(C)C(=O)[C@H](OC(C)=O)C[C@@]2(C)[C@H]1COc1c(OC)cc2ccc(=O)oc2c1OC. The standard InChI is InChI=1S/C28H34O8/c1-15-8-10-21-27(3,4)26(31)20(35-16(2)29)13-28(21,5)18(15)14-34-24-19(32-6)12-17-9-11-22(30)36-23(17)25(24)33-7/h9,11-12,18,20-21H,1,8,10,13-14H2,2-7H3/t18-,20+,21+,28-/m0/s1. The molecular weight excluding hydrogens is 464 g/mol. The number of hydrogen-bond acceptors (Lipinski definition) is 8. The Balaban J connectivity index is 1.73. The third-order valence-corrected chi connectivity index (χ3v) is 8.18. The molecule has 0 spiro atoms. The number of ketones is 1. The first-order chi connectivity index (χ1) is 16.9. The van der Waals surface area contributed by atoms with Gasteiger partial charge in [-0.05, 0) is 42.7 Å². The van der Waals surface area contributed by atoms with E-state index in [-0.39, 0.29) is 35.6 Å². The largest absolute Gasteiger partial charge is 0.493 e. The molecule has 2 aromatic rings. The van der Waals surface area contributed by atoms with Crippen LogP contribution in [0.1, 0.15) is 47.0 Å². The Morgan fingerprint density at radius 2 is 1.86 bits per heavy atom. The summed E-state index contributed by atoms with van der Waals surface area (Å²) >= 11 is 0. The van der Waals surface area contributed by atoms with E-state index < -0.39 is 28.5 Å². The van der Waals surface area contributed by atoms with Crippen LogP contribution in [0.2, 0.25) is 0 Å². The van der Waals surface area contributed by atoms with Crippen molar-refractivity contribution in [2.75, 3.05) is 20.8 Å². The average molecular weight is 499 g/mol. The first-order valence-electron chi connectivity index (χ1n) is 12.1. The fourth-order valence-corrected chi connectivity index (χ4v) is 6.48. The molecule has 0 amide bonds. The highest BCUT2D eigenvalue weighted by atomic mass is 16.5. The Kier molecular flexibility index (Phi) is 6.66. The van der Waals surface area contributed by atoms with Gasteiger partial charge in [0, 0.05) is 29.7 Å². The third kappa shape index (κ3) is 4.16. The summed E-state index contributed by atoms with van der Waals surface area (Å²) in [7, 11) is 3.01. The molecule has 0 aliphatic heterocycles. The van der Waals surface area contributed by atoms with E-state index in [1.54, 1.807) is 12.1 Å². The lowest BCUT2D eigenvalue weighted by Crippen LogP contribution is -2.59. The minimum absolute atomic E-state index is 0.0414. The fourth-order valence-electron chi connectivity index (χ4n) is 6.48. The van der Waals surface area contributed by atoms with Crippen molar-refractivity contribution in [2.45, 2.75) is 53.1 Å². The maximum Gasteiger partial charge on any atom is 0.336 e. The summed E-state index contributed by atoms with van der Waals surface area (Å²) in [6.45, 7) is 11.9. The molecule has 2 fully saturated rings. The van der Waals surface area contributed by atoms with Gasteiger partial charge in [0.25, 0.3) is 0 Å².